The zero-order chi connectivity index (χ0) is 21.7. The predicted molar refractivity (Wildman–Crippen MR) is 116 cm³/mol. The molecule has 2 aromatic carbocycles. The molecule has 1 N–H and O–H groups in total. The van der Waals surface area contributed by atoms with E-state index in [4.69, 9.17) is 9.15 Å². The fourth-order valence-electron chi connectivity index (χ4n) is 2.84. The van der Waals surface area contributed by atoms with E-state index in [-0.39, 0.29) is 16.6 Å². The summed E-state index contributed by atoms with van der Waals surface area (Å²) in [5.41, 5.74) is 1.19. The molecular weight excluding hydrogens is 426 g/mol. The van der Waals surface area contributed by atoms with Crippen molar-refractivity contribution in [3.05, 3.63) is 42.5 Å². The van der Waals surface area contributed by atoms with Crippen LogP contribution in [0.5, 0.6) is 5.75 Å². The van der Waals surface area contributed by atoms with Gasteiger partial charge < -0.3 is 14.1 Å². The summed E-state index contributed by atoms with van der Waals surface area (Å²) in [6, 6.07) is 11.2. The van der Waals surface area contributed by atoms with Crippen LogP contribution in [0.1, 0.15) is 13.8 Å². The van der Waals surface area contributed by atoms with Gasteiger partial charge in [-0.15, -0.1) is 0 Å². The fraction of sp³-hybridized carbons (Fsp3) is 0.300. The summed E-state index contributed by atoms with van der Waals surface area (Å²) in [7, 11) is -2.38. The van der Waals surface area contributed by atoms with Crippen LogP contribution >= 0.6 is 11.8 Å². The lowest BCUT2D eigenvalue weighted by Crippen LogP contribution is -2.31. The number of carbonyl (C=O) groups excluding carboxylic acids is 1. The number of thioether (sulfide) groups is 1. The number of sulfonamides is 1. The van der Waals surface area contributed by atoms with Gasteiger partial charge >= 0.3 is 0 Å². The first-order valence-electron chi connectivity index (χ1n) is 9.35. The Balaban J connectivity index is 1.79. The van der Waals surface area contributed by atoms with Crippen molar-refractivity contribution in [2.75, 3.05) is 30.7 Å². The number of rotatable bonds is 9. The van der Waals surface area contributed by atoms with Gasteiger partial charge in [0.15, 0.2) is 5.58 Å². The molecule has 160 valence electrons. The van der Waals surface area contributed by atoms with Crippen LogP contribution in [-0.4, -0.2) is 50.2 Å². The van der Waals surface area contributed by atoms with E-state index in [1.54, 1.807) is 35.2 Å². The number of fused-ring (bicyclic) bond motifs is 1. The molecule has 30 heavy (non-hydrogen) atoms. The van der Waals surface area contributed by atoms with E-state index >= 15 is 0 Å². The molecule has 8 nitrogen and oxygen atoms in total. The van der Waals surface area contributed by atoms with Gasteiger partial charge in [0.2, 0.25) is 5.91 Å². The molecule has 0 unspecified atom stereocenters. The number of hydrogen-bond donors (Lipinski definition) is 1. The summed E-state index contributed by atoms with van der Waals surface area (Å²) in [6.45, 7) is 5.13. The number of nitrogens with zero attached hydrogens (tertiary/aromatic N) is 2. The van der Waals surface area contributed by atoms with Gasteiger partial charge in [0, 0.05) is 13.1 Å². The maximum Gasteiger partial charge on any atom is 0.262 e. The number of oxazole rings is 1. The molecule has 1 amide bonds. The van der Waals surface area contributed by atoms with Gasteiger partial charge in [0.25, 0.3) is 15.2 Å². The standard InChI is InChI=1S/C20H23N3O5S2/c1-4-23(5-2)19(24)13-29-20-21-16-12-14(10-11-18(16)28-20)30(25,26)22-15-8-6-7-9-17(15)27-3/h6-12,22H,4-5,13H2,1-3H3. The quantitative estimate of drug-likeness (QED) is 0.498. The molecule has 0 atom stereocenters. The molecular formula is C20H23N3O5S2. The Labute approximate surface area is 179 Å². The third kappa shape index (κ3) is 4.88. The number of anilines is 1. The average Bonchev–Trinajstić information content (AvgIpc) is 3.15. The number of ether oxygens (including phenoxy) is 1. The zero-order valence-corrected chi connectivity index (χ0v) is 18.5. The van der Waals surface area contributed by atoms with Crippen LogP contribution in [0, 0.1) is 0 Å². The molecule has 10 heteroatoms. The van der Waals surface area contributed by atoms with E-state index in [1.807, 2.05) is 13.8 Å². The molecule has 0 aliphatic carbocycles. The van der Waals surface area contributed by atoms with Gasteiger partial charge in [-0.2, -0.15) is 0 Å². The van der Waals surface area contributed by atoms with Crippen LogP contribution in [0.25, 0.3) is 11.1 Å². The lowest BCUT2D eigenvalue weighted by molar-refractivity contribution is -0.127. The van der Waals surface area contributed by atoms with Crippen molar-refractivity contribution >= 4 is 44.5 Å². The normalized spacial score (nSPS) is 11.4. The molecule has 0 bridgehead atoms. The molecule has 3 rings (SSSR count). The van der Waals surface area contributed by atoms with E-state index in [9.17, 15) is 13.2 Å². The second kappa shape index (κ2) is 9.40. The Bertz CT molecular complexity index is 1140. The molecule has 0 saturated heterocycles. The Morgan fingerprint density at radius 2 is 1.93 bits per heavy atom. The Kier molecular flexibility index (Phi) is 6.88. The smallest absolute Gasteiger partial charge is 0.262 e. The highest BCUT2D eigenvalue weighted by molar-refractivity contribution is 7.99. The number of amides is 1. The van der Waals surface area contributed by atoms with Gasteiger partial charge in [-0.05, 0) is 44.2 Å². The summed E-state index contributed by atoms with van der Waals surface area (Å²) in [5.74, 6) is 0.617. The SMILES string of the molecule is CCN(CC)C(=O)CSc1nc2cc(S(=O)(=O)Nc3ccccc3OC)ccc2o1. The maximum absolute atomic E-state index is 12.8. The first-order chi connectivity index (χ1) is 14.4. The number of methoxy groups -OCH3 is 1. The summed E-state index contributed by atoms with van der Waals surface area (Å²) in [5, 5.41) is 0.317. The van der Waals surface area contributed by atoms with Gasteiger partial charge in [0.05, 0.1) is 23.4 Å². The lowest BCUT2D eigenvalue weighted by Gasteiger charge is -2.17. The Hall–Kier alpha value is -2.72. The minimum Gasteiger partial charge on any atom is -0.495 e. The molecule has 0 radical (unpaired) electrons. The van der Waals surface area contributed by atoms with Crippen molar-refractivity contribution in [3.8, 4) is 5.75 Å². The Morgan fingerprint density at radius 1 is 1.20 bits per heavy atom. The van der Waals surface area contributed by atoms with E-state index in [0.29, 0.717) is 40.8 Å². The monoisotopic (exact) mass is 449 g/mol. The van der Waals surface area contributed by atoms with Crippen LogP contribution in [-0.2, 0) is 14.8 Å². The van der Waals surface area contributed by atoms with E-state index in [2.05, 4.69) is 9.71 Å². The van der Waals surface area contributed by atoms with Crippen LogP contribution < -0.4 is 9.46 Å². The van der Waals surface area contributed by atoms with Crippen molar-refractivity contribution in [1.29, 1.82) is 0 Å². The highest BCUT2D eigenvalue weighted by Gasteiger charge is 2.19. The number of carbonyl (C=O) groups is 1. The lowest BCUT2D eigenvalue weighted by atomic mass is 10.3. The third-order valence-corrected chi connectivity index (χ3v) is 6.61. The molecule has 0 saturated carbocycles. The highest BCUT2D eigenvalue weighted by atomic mass is 32.2. The molecule has 0 spiro atoms. The minimum absolute atomic E-state index is 0.00321. The fourth-order valence-corrected chi connectivity index (χ4v) is 4.67. The van der Waals surface area contributed by atoms with Crippen molar-refractivity contribution in [2.45, 2.75) is 24.0 Å². The largest absolute Gasteiger partial charge is 0.495 e. The summed E-state index contributed by atoms with van der Waals surface area (Å²) in [6.07, 6.45) is 0. The summed E-state index contributed by atoms with van der Waals surface area (Å²) >= 11 is 1.18. The second-order valence-corrected chi connectivity index (χ2v) is 8.88. The first-order valence-corrected chi connectivity index (χ1v) is 11.8. The molecule has 1 aromatic heterocycles. The van der Waals surface area contributed by atoms with Crippen LogP contribution in [0.2, 0.25) is 0 Å². The van der Waals surface area contributed by atoms with Crippen LogP contribution in [0.4, 0.5) is 5.69 Å². The van der Waals surface area contributed by atoms with E-state index in [1.165, 1.54) is 31.0 Å². The van der Waals surface area contributed by atoms with Crippen LogP contribution in [0.15, 0.2) is 57.0 Å². The van der Waals surface area contributed by atoms with E-state index < -0.39 is 10.0 Å². The predicted octanol–water partition coefficient (Wildman–Crippen LogP) is 3.60. The van der Waals surface area contributed by atoms with Gasteiger partial charge in [-0.1, -0.05) is 23.9 Å². The van der Waals surface area contributed by atoms with Crippen molar-refractivity contribution in [2.24, 2.45) is 0 Å². The number of para-hydroxylation sites is 2. The molecule has 0 aliphatic rings. The molecule has 1 heterocycles. The molecule has 3 aromatic rings. The molecule has 0 aliphatic heterocycles. The minimum atomic E-state index is -3.85. The maximum atomic E-state index is 12.8. The number of aromatic nitrogens is 1. The topological polar surface area (TPSA) is 102 Å². The van der Waals surface area contributed by atoms with Crippen molar-refractivity contribution in [1.82, 2.24) is 9.88 Å². The van der Waals surface area contributed by atoms with Crippen molar-refractivity contribution < 1.29 is 22.4 Å². The Morgan fingerprint density at radius 3 is 2.63 bits per heavy atom. The van der Waals surface area contributed by atoms with Gasteiger partial charge in [-0.3, -0.25) is 9.52 Å². The van der Waals surface area contributed by atoms with E-state index in [0.717, 1.165) is 0 Å². The second-order valence-electron chi connectivity index (χ2n) is 6.27. The summed E-state index contributed by atoms with van der Waals surface area (Å²) < 4.78 is 38.9. The first kappa shape index (κ1) is 22.0. The number of hydrogen-bond acceptors (Lipinski definition) is 7. The highest BCUT2D eigenvalue weighted by Crippen LogP contribution is 2.29. The van der Waals surface area contributed by atoms with Gasteiger partial charge in [-0.25, -0.2) is 13.4 Å². The summed E-state index contributed by atoms with van der Waals surface area (Å²) in [4.78, 5) is 18.2. The van der Waals surface area contributed by atoms with Crippen LogP contribution in [0.3, 0.4) is 0 Å². The number of nitrogens with one attached hydrogen (secondary N) is 1. The zero-order valence-electron chi connectivity index (χ0n) is 16.9. The van der Waals surface area contributed by atoms with Gasteiger partial charge in [0.1, 0.15) is 11.3 Å². The average molecular weight is 450 g/mol. The molecule has 0 fully saturated rings. The number of benzene rings is 2. The van der Waals surface area contributed by atoms with Crippen molar-refractivity contribution in [3.63, 3.8) is 0 Å². The third-order valence-electron chi connectivity index (χ3n) is 4.44.